The minimum Gasteiger partial charge on any atom is -0.493 e. The highest BCUT2D eigenvalue weighted by Gasteiger charge is 2.52. The van der Waals surface area contributed by atoms with Crippen molar-refractivity contribution in [2.45, 2.75) is 78.6 Å². The van der Waals surface area contributed by atoms with Crippen LogP contribution >= 0.6 is 0 Å². The van der Waals surface area contributed by atoms with Gasteiger partial charge < -0.3 is 19.3 Å². The summed E-state index contributed by atoms with van der Waals surface area (Å²) in [6.07, 6.45) is 4.45. The minimum atomic E-state index is -0.841. The molecule has 0 unspecified atom stereocenters. The Morgan fingerprint density at radius 2 is 1.89 bits per heavy atom. The second-order valence-corrected chi connectivity index (χ2v) is 10.9. The van der Waals surface area contributed by atoms with Gasteiger partial charge in [0.05, 0.1) is 12.7 Å². The third kappa shape index (κ3) is 6.39. The first kappa shape index (κ1) is 27.5. The third-order valence-corrected chi connectivity index (χ3v) is 8.28. The molecule has 1 fully saturated rings. The molecule has 0 amide bonds. The first-order chi connectivity index (χ1) is 16.6. The second-order valence-electron chi connectivity index (χ2n) is 10.9. The molecule has 2 aliphatic carbocycles. The number of fused-ring (bicyclic) bond motifs is 1. The highest BCUT2D eigenvalue weighted by molar-refractivity contribution is 5.66. The molecule has 0 bridgehead atoms. The molecule has 3 rings (SSSR count). The summed E-state index contributed by atoms with van der Waals surface area (Å²) in [4.78, 5) is 14.1. The number of para-hydroxylation sites is 2. The molecule has 0 spiro atoms. The molecule has 2 aliphatic rings. The Bertz CT molecular complexity index is 884. The fourth-order valence-electron chi connectivity index (χ4n) is 6.07. The molecular weight excluding hydrogens is 442 g/mol. The number of aliphatic hydroxyl groups is 1. The number of hydrogen-bond donors (Lipinski definition) is 1. The lowest BCUT2D eigenvalue weighted by molar-refractivity contribution is -0.159. The van der Waals surface area contributed by atoms with Crippen molar-refractivity contribution in [3.05, 3.63) is 35.9 Å². The minimum absolute atomic E-state index is 0.0758. The van der Waals surface area contributed by atoms with Crippen molar-refractivity contribution in [1.29, 1.82) is 0 Å². The highest BCUT2D eigenvalue weighted by atomic mass is 16.5. The van der Waals surface area contributed by atoms with Crippen LogP contribution in [0.3, 0.4) is 0 Å². The van der Waals surface area contributed by atoms with Crippen LogP contribution in [0.15, 0.2) is 35.9 Å². The third-order valence-electron chi connectivity index (χ3n) is 8.28. The standard InChI is InChI=1S/C29H45NO5/c1-19(2)30(14-15-34-27-11-9-8-10-26(27)33-7)18-21(4)24-13-12-22(5)29(32)17-28(35-23(6)31)20(3)16-25(24)29/h8-11,16,19,21-22,24-25,28,32H,12-15,17-18H2,1-7H3/t21-,22-,24+,25-,28-,29-/m1/s1. The van der Waals surface area contributed by atoms with Crippen molar-refractivity contribution in [1.82, 2.24) is 4.90 Å². The van der Waals surface area contributed by atoms with Gasteiger partial charge in [-0.15, -0.1) is 0 Å². The van der Waals surface area contributed by atoms with Gasteiger partial charge >= 0.3 is 5.97 Å². The molecule has 0 aromatic heterocycles. The van der Waals surface area contributed by atoms with Gasteiger partial charge in [0.1, 0.15) is 12.7 Å². The monoisotopic (exact) mass is 487 g/mol. The SMILES string of the molecule is COc1ccccc1OCCN(C[C@@H](C)[C@@H]1CC[C@@H](C)[C@]2(O)C[C@@H](OC(C)=O)C(C)=C[C@H]12)C(C)C. The van der Waals surface area contributed by atoms with Gasteiger partial charge in [0.2, 0.25) is 0 Å². The van der Waals surface area contributed by atoms with Crippen molar-refractivity contribution >= 4 is 5.97 Å². The summed E-state index contributed by atoms with van der Waals surface area (Å²) in [6.45, 7) is 14.7. The Labute approximate surface area is 211 Å². The lowest BCUT2D eigenvalue weighted by Crippen LogP contribution is -2.56. The van der Waals surface area contributed by atoms with Gasteiger partial charge in [-0.1, -0.05) is 32.1 Å². The number of hydrogen-bond acceptors (Lipinski definition) is 6. The number of nitrogens with zero attached hydrogens (tertiary/aromatic N) is 1. The van der Waals surface area contributed by atoms with Crippen LogP contribution in [-0.2, 0) is 9.53 Å². The Kier molecular flexibility index (Phi) is 9.28. The van der Waals surface area contributed by atoms with Gasteiger partial charge in [-0.3, -0.25) is 9.69 Å². The van der Waals surface area contributed by atoms with Crippen LogP contribution in [0.2, 0.25) is 0 Å². The number of rotatable bonds is 10. The van der Waals surface area contributed by atoms with Gasteiger partial charge in [0.15, 0.2) is 11.5 Å². The molecule has 1 aromatic rings. The van der Waals surface area contributed by atoms with Crippen LogP contribution in [0.1, 0.15) is 60.8 Å². The van der Waals surface area contributed by atoms with E-state index in [0.29, 0.717) is 30.9 Å². The zero-order valence-electron chi connectivity index (χ0n) is 22.6. The maximum Gasteiger partial charge on any atom is 0.303 e. The Balaban J connectivity index is 1.68. The molecule has 35 heavy (non-hydrogen) atoms. The van der Waals surface area contributed by atoms with E-state index in [0.717, 1.165) is 43.0 Å². The number of benzene rings is 1. The summed E-state index contributed by atoms with van der Waals surface area (Å²) in [6, 6.07) is 8.13. The van der Waals surface area contributed by atoms with Gasteiger partial charge in [0, 0.05) is 38.4 Å². The Morgan fingerprint density at radius 3 is 2.51 bits per heavy atom. The van der Waals surface area contributed by atoms with Crippen molar-refractivity contribution in [3.63, 3.8) is 0 Å². The molecule has 1 saturated carbocycles. The quantitative estimate of drug-likeness (QED) is 0.366. The summed E-state index contributed by atoms with van der Waals surface area (Å²) in [5.41, 5.74) is 0.221. The molecule has 0 radical (unpaired) electrons. The summed E-state index contributed by atoms with van der Waals surface area (Å²) < 4.78 is 17.0. The fraction of sp³-hybridized carbons (Fsp3) is 0.690. The predicted molar refractivity (Wildman–Crippen MR) is 139 cm³/mol. The topological polar surface area (TPSA) is 68.2 Å². The molecule has 196 valence electrons. The average Bonchev–Trinajstić information content (AvgIpc) is 2.80. The Hall–Kier alpha value is -2.05. The van der Waals surface area contributed by atoms with E-state index in [9.17, 15) is 9.90 Å². The normalized spacial score (nSPS) is 29.4. The molecule has 6 heteroatoms. The van der Waals surface area contributed by atoms with Crippen molar-refractivity contribution in [2.75, 3.05) is 26.8 Å². The molecule has 1 N–H and O–H groups in total. The van der Waals surface area contributed by atoms with Crippen LogP contribution < -0.4 is 9.47 Å². The lowest BCUT2D eigenvalue weighted by atomic mass is 9.57. The van der Waals surface area contributed by atoms with Crippen LogP contribution in [0.5, 0.6) is 11.5 Å². The van der Waals surface area contributed by atoms with Gasteiger partial charge in [0.25, 0.3) is 0 Å². The molecule has 1 aromatic carbocycles. The van der Waals surface area contributed by atoms with Crippen LogP contribution in [0.25, 0.3) is 0 Å². The van der Waals surface area contributed by atoms with E-state index in [4.69, 9.17) is 14.2 Å². The Morgan fingerprint density at radius 1 is 1.20 bits per heavy atom. The summed E-state index contributed by atoms with van der Waals surface area (Å²) in [5, 5.41) is 11.9. The van der Waals surface area contributed by atoms with Crippen molar-refractivity contribution in [2.24, 2.45) is 23.7 Å². The summed E-state index contributed by atoms with van der Waals surface area (Å²) >= 11 is 0. The first-order valence-electron chi connectivity index (χ1n) is 13.1. The van der Waals surface area contributed by atoms with Crippen molar-refractivity contribution < 1.29 is 24.1 Å². The van der Waals surface area contributed by atoms with Crippen LogP contribution in [0, 0.1) is 23.7 Å². The number of esters is 1. The first-order valence-corrected chi connectivity index (χ1v) is 13.1. The van der Waals surface area contributed by atoms with E-state index in [1.165, 1.54) is 6.92 Å². The summed E-state index contributed by atoms with van der Waals surface area (Å²) in [5.74, 6) is 2.26. The number of ether oxygens (including phenoxy) is 3. The number of carbonyl (C=O) groups excluding carboxylic acids is 1. The second kappa shape index (κ2) is 11.8. The van der Waals surface area contributed by atoms with Crippen LogP contribution in [-0.4, -0.2) is 60.5 Å². The fourth-order valence-corrected chi connectivity index (χ4v) is 6.07. The number of methoxy groups -OCH3 is 1. The van der Waals surface area contributed by atoms with Gasteiger partial charge in [-0.25, -0.2) is 0 Å². The van der Waals surface area contributed by atoms with E-state index in [1.807, 2.05) is 31.2 Å². The van der Waals surface area contributed by atoms with Crippen molar-refractivity contribution in [3.8, 4) is 11.5 Å². The molecular formula is C29H45NO5. The zero-order valence-corrected chi connectivity index (χ0v) is 22.6. The average molecular weight is 488 g/mol. The predicted octanol–water partition coefficient (Wildman–Crippen LogP) is 5.10. The van der Waals surface area contributed by atoms with E-state index in [2.05, 4.69) is 38.7 Å². The molecule has 0 saturated heterocycles. The van der Waals surface area contributed by atoms with Gasteiger partial charge in [-0.05, 0) is 69.1 Å². The maximum atomic E-state index is 11.9. The molecule has 0 aliphatic heterocycles. The van der Waals surface area contributed by atoms with E-state index >= 15 is 0 Å². The molecule has 0 heterocycles. The molecule has 6 nitrogen and oxygen atoms in total. The van der Waals surface area contributed by atoms with E-state index in [1.54, 1.807) is 7.11 Å². The summed E-state index contributed by atoms with van der Waals surface area (Å²) in [7, 11) is 1.66. The smallest absolute Gasteiger partial charge is 0.303 e. The largest absolute Gasteiger partial charge is 0.493 e. The van der Waals surface area contributed by atoms with Gasteiger partial charge in [-0.2, -0.15) is 0 Å². The van der Waals surface area contributed by atoms with E-state index < -0.39 is 5.60 Å². The molecule has 6 atom stereocenters. The lowest BCUT2D eigenvalue weighted by Gasteiger charge is -2.53. The van der Waals surface area contributed by atoms with E-state index in [-0.39, 0.29) is 23.9 Å². The highest BCUT2D eigenvalue weighted by Crippen LogP contribution is 2.51. The van der Waals surface area contributed by atoms with Crippen LogP contribution in [0.4, 0.5) is 0 Å². The number of carbonyl (C=O) groups is 1. The maximum absolute atomic E-state index is 11.9. The zero-order chi connectivity index (χ0) is 25.8.